The van der Waals surface area contributed by atoms with E-state index in [-0.39, 0.29) is 11.8 Å². The van der Waals surface area contributed by atoms with Gasteiger partial charge in [0.1, 0.15) is 0 Å². The maximum Gasteiger partial charge on any atom is 0.256 e. The molecular weight excluding hydrogens is 382 g/mol. The minimum Gasteiger partial charge on any atom is -0.493 e. The first-order valence-corrected chi connectivity index (χ1v) is 9.79. The van der Waals surface area contributed by atoms with E-state index in [2.05, 4.69) is 10.2 Å². The second kappa shape index (κ2) is 9.93. The van der Waals surface area contributed by atoms with Gasteiger partial charge in [-0.1, -0.05) is 18.2 Å². The van der Waals surface area contributed by atoms with E-state index in [1.165, 1.54) is 6.08 Å². The maximum atomic E-state index is 12.9. The number of hydrogen-bond donors (Lipinski definition) is 1. The highest BCUT2D eigenvalue weighted by atomic mass is 16.5. The van der Waals surface area contributed by atoms with Gasteiger partial charge in [0.2, 0.25) is 5.91 Å². The standard InChI is InChI=1S/C23H27N3O4/c1-25-12-14-26(15-13-25)23(28)18-6-4-5-7-19(18)24-22(27)11-9-17-8-10-20(29-2)21(16-17)30-3/h4-11,16H,12-15H2,1-3H3,(H,24,27)/b11-9+. The van der Waals surface area contributed by atoms with Gasteiger partial charge in [0.25, 0.3) is 5.91 Å². The molecule has 30 heavy (non-hydrogen) atoms. The molecule has 7 heteroatoms. The van der Waals surface area contributed by atoms with Gasteiger partial charge in [0.05, 0.1) is 25.5 Å². The van der Waals surface area contributed by atoms with Crippen molar-refractivity contribution >= 4 is 23.6 Å². The van der Waals surface area contributed by atoms with Crippen LogP contribution >= 0.6 is 0 Å². The Kier molecular flexibility index (Phi) is 7.08. The lowest BCUT2D eigenvalue weighted by Gasteiger charge is -2.32. The van der Waals surface area contributed by atoms with Crippen LogP contribution in [0.1, 0.15) is 15.9 Å². The number of carbonyl (C=O) groups is 2. The molecule has 1 aliphatic heterocycles. The summed E-state index contributed by atoms with van der Waals surface area (Å²) in [6, 6.07) is 12.5. The van der Waals surface area contributed by atoms with Gasteiger partial charge >= 0.3 is 0 Å². The highest BCUT2D eigenvalue weighted by Gasteiger charge is 2.22. The Morgan fingerprint density at radius 2 is 1.67 bits per heavy atom. The van der Waals surface area contributed by atoms with Gasteiger partial charge in [-0.3, -0.25) is 9.59 Å². The van der Waals surface area contributed by atoms with Gasteiger partial charge in [-0.2, -0.15) is 0 Å². The first kappa shape index (κ1) is 21.4. The van der Waals surface area contributed by atoms with Crippen LogP contribution in [0.2, 0.25) is 0 Å². The zero-order valence-electron chi connectivity index (χ0n) is 17.6. The maximum absolute atomic E-state index is 12.9. The number of methoxy groups -OCH3 is 2. The van der Waals surface area contributed by atoms with Crippen molar-refractivity contribution in [2.24, 2.45) is 0 Å². The molecule has 0 aliphatic carbocycles. The molecule has 0 radical (unpaired) electrons. The molecular formula is C23H27N3O4. The smallest absolute Gasteiger partial charge is 0.256 e. The summed E-state index contributed by atoms with van der Waals surface area (Å²) in [7, 11) is 5.18. The first-order valence-electron chi connectivity index (χ1n) is 9.79. The number of hydrogen-bond acceptors (Lipinski definition) is 5. The van der Waals surface area contributed by atoms with Crippen molar-refractivity contribution in [1.29, 1.82) is 0 Å². The molecule has 0 saturated carbocycles. The molecule has 0 bridgehead atoms. The summed E-state index contributed by atoms with van der Waals surface area (Å²) in [5.41, 5.74) is 1.79. The fraction of sp³-hybridized carbons (Fsp3) is 0.304. The largest absolute Gasteiger partial charge is 0.493 e. The monoisotopic (exact) mass is 409 g/mol. The van der Waals surface area contributed by atoms with Crippen LogP contribution in [0.4, 0.5) is 5.69 Å². The Morgan fingerprint density at radius 3 is 2.37 bits per heavy atom. The lowest BCUT2D eigenvalue weighted by Crippen LogP contribution is -2.47. The number of nitrogens with zero attached hydrogens (tertiary/aromatic N) is 2. The highest BCUT2D eigenvalue weighted by Crippen LogP contribution is 2.28. The van der Waals surface area contributed by atoms with Gasteiger partial charge in [-0.05, 0) is 43.0 Å². The third-order valence-corrected chi connectivity index (χ3v) is 5.04. The van der Waals surface area contributed by atoms with Crippen LogP contribution in [-0.2, 0) is 4.79 Å². The molecule has 0 spiro atoms. The minimum atomic E-state index is -0.316. The SMILES string of the molecule is COc1ccc(/C=C/C(=O)Nc2ccccc2C(=O)N2CCN(C)CC2)cc1OC. The van der Waals surface area contributed by atoms with Crippen LogP contribution in [0.25, 0.3) is 6.08 Å². The molecule has 0 aromatic heterocycles. The molecule has 2 aromatic rings. The molecule has 0 atom stereocenters. The predicted octanol–water partition coefficient (Wildman–Crippen LogP) is 2.74. The van der Waals surface area contributed by atoms with E-state index in [0.717, 1.165) is 18.7 Å². The number of amides is 2. The molecule has 1 aliphatic rings. The summed E-state index contributed by atoms with van der Waals surface area (Å²) in [5, 5.41) is 2.82. The number of carbonyl (C=O) groups excluding carboxylic acids is 2. The van der Waals surface area contributed by atoms with Crippen LogP contribution in [0, 0.1) is 0 Å². The number of rotatable bonds is 6. The van der Waals surface area contributed by atoms with E-state index in [1.807, 2.05) is 18.0 Å². The van der Waals surface area contributed by atoms with Crippen molar-refractivity contribution in [3.05, 3.63) is 59.7 Å². The van der Waals surface area contributed by atoms with E-state index in [1.54, 1.807) is 56.7 Å². The fourth-order valence-electron chi connectivity index (χ4n) is 3.26. The van der Waals surface area contributed by atoms with Crippen LogP contribution < -0.4 is 14.8 Å². The van der Waals surface area contributed by atoms with Crippen LogP contribution in [0.3, 0.4) is 0 Å². The Bertz CT molecular complexity index is 934. The van der Waals surface area contributed by atoms with Gasteiger partial charge in [0, 0.05) is 32.3 Å². The summed E-state index contributed by atoms with van der Waals surface area (Å²) in [6.45, 7) is 3.04. The van der Waals surface area contributed by atoms with Crippen molar-refractivity contribution < 1.29 is 19.1 Å². The van der Waals surface area contributed by atoms with Gasteiger partial charge in [-0.25, -0.2) is 0 Å². The zero-order valence-corrected chi connectivity index (χ0v) is 17.6. The second-order valence-corrected chi connectivity index (χ2v) is 7.08. The molecule has 1 N–H and O–H groups in total. The number of nitrogens with one attached hydrogen (secondary N) is 1. The summed E-state index contributed by atoms with van der Waals surface area (Å²) >= 11 is 0. The van der Waals surface area contributed by atoms with E-state index in [9.17, 15) is 9.59 Å². The molecule has 158 valence electrons. The lowest BCUT2D eigenvalue weighted by atomic mass is 10.1. The van der Waals surface area contributed by atoms with Crippen molar-refractivity contribution in [3.8, 4) is 11.5 Å². The predicted molar refractivity (Wildman–Crippen MR) is 117 cm³/mol. The van der Waals surface area contributed by atoms with Gasteiger partial charge < -0.3 is 24.6 Å². The van der Waals surface area contributed by atoms with Crippen molar-refractivity contribution in [1.82, 2.24) is 9.80 Å². The molecule has 7 nitrogen and oxygen atoms in total. The molecule has 3 rings (SSSR count). The van der Waals surface area contributed by atoms with E-state index >= 15 is 0 Å². The van der Waals surface area contributed by atoms with Crippen LogP contribution in [0.15, 0.2) is 48.5 Å². The molecule has 2 aromatic carbocycles. The van der Waals surface area contributed by atoms with Crippen LogP contribution in [-0.4, -0.2) is 69.1 Å². The van der Waals surface area contributed by atoms with Crippen LogP contribution in [0.5, 0.6) is 11.5 Å². The fourth-order valence-corrected chi connectivity index (χ4v) is 3.26. The highest BCUT2D eigenvalue weighted by molar-refractivity contribution is 6.07. The lowest BCUT2D eigenvalue weighted by molar-refractivity contribution is -0.111. The Balaban J connectivity index is 1.70. The molecule has 0 unspecified atom stereocenters. The first-order chi connectivity index (χ1) is 14.5. The summed E-state index contributed by atoms with van der Waals surface area (Å²) in [5.74, 6) is 0.824. The summed E-state index contributed by atoms with van der Waals surface area (Å²) in [6.07, 6.45) is 3.11. The third-order valence-electron chi connectivity index (χ3n) is 5.04. The number of likely N-dealkylation sites (N-methyl/N-ethyl adjacent to an activating group) is 1. The van der Waals surface area contributed by atoms with E-state index in [4.69, 9.17) is 9.47 Å². The van der Waals surface area contributed by atoms with Crippen molar-refractivity contribution in [3.63, 3.8) is 0 Å². The van der Waals surface area contributed by atoms with E-state index in [0.29, 0.717) is 35.8 Å². The Morgan fingerprint density at radius 1 is 0.967 bits per heavy atom. The zero-order chi connectivity index (χ0) is 21.5. The van der Waals surface area contributed by atoms with Gasteiger partial charge in [0.15, 0.2) is 11.5 Å². The number of benzene rings is 2. The minimum absolute atomic E-state index is 0.0668. The summed E-state index contributed by atoms with van der Waals surface area (Å²) < 4.78 is 10.5. The Hall–Kier alpha value is -3.32. The topological polar surface area (TPSA) is 71.1 Å². The molecule has 1 saturated heterocycles. The average Bonchev–Trinajstić information content (AvgIpc) is 2.78. The average molecular weight is 409 g/mol. The normalized spacial score (nSPS) is 14.6. The van der Waals surface area contributed by atoms with Crippen molar-refractivity contribution in [2.75, 3.05) is 52.8 Å². The third kappa shape index (κ3) is 5.18. The molecule has 1 heterocycles. The van der Waals surface area contributed by atoms with E-state index < -0.39 is 0 Å². The Labute approximate surface area is 176 Å². The number of anilines is 1. The van der Waals surface area contributed by atoms with Crippen molar-refractivity contribution in [2.45, 2.75) is 0 Å². The second-order valence-electron chi connectivity index (χ2n) is 7.08. The molecule has 1 fully saturated rings. The molecule has 2 amide bonds. The quantitative estimate of drug-likeness (QED) is 0.743. The number of para-hydroxylation sites is 1. The van der Waals surface area contributed by atoms with Gasteiger partial charge in [-0.15, -0.1) is 0 Å². The summed E-state index contributed by atoms with van der Waals surface area (Å²) in [4.78, 5) is 29.4. The number of piperazine rings is 1. The number of ether oxygens (including phenoxy) is 2.